The molecule has 7 heteroatoms. The van der Waals surface area contributed by atoms with Gasteiger partial charge in [0.25, 0.3) is 0 Å². The van der Waals surface area contributed by atoms with Gasteiger partial charge >= 0.3 is 0 Å². The average Bonchev–Trinajstić information content (AvgIpc) is 2.85. The molecule has 0 fully saturated rings. The molecule has 2 aromatic heterocycles. The van der Waals surface area contributed by atoms with Crippen LogP contribution in [0.1, 0.15) is 4.88 Å². The largest absolute Gasteiger partial charge is 0.310 e. The lowest BCUT2D eigenvalue weighted by molar-refractivity contribution is 0.542. The van der Waals surface area contributed by atoms with Crippen LogP contribution in [0.25, 0.3) is 0 Å². The van der Waals surface area contributed by atoms with Gasteiger partial charge in [-0.15, -0.1) is 16.4 Å². The number of hydrogen-bond acceptors (Lipinski definition) is 4. The topological polar surface area (TPSA) is 42.7 Å². The van der Waals surface area contributed by atoms with Crippen LogP contribution in [0.5, 0.6) is 0 Å². The standard InChI is InChI=1S/C9H10BrClN4S/c10-8-5-7(16-9(8)11)6-12-1-3-15-4-2-13-14-15/h2,4-5,12H,1,3,6H2. The Balaban J connectivity index is 1.72. The van der Waals surface area contributed by atoms with Gasteiger partial charge in [0.15, 0.2) is 0 Å². The van der Waals surface area contributed by atoms with Crippen molar-refractivity contribution in [3.8, 4) is 0 Å². The first-order valence-corrected chi connectivity index (χ1v) is 6.73. The van der Waals surface area contributed by atoms with E-state index < -0.39 is 0 Å². The molecule has 0 unspecified atom stereocenters. The molecule has 0 saturated carbocycles. The highest BCUT2D eigenvalue weighted by Crippen LogP contribution is 2.31. The van der Waals surface area contributed by atoms with Gasteiger partial charge in [0.1, 0.15) is 4.34 Å². The number of nitrogens with zero attached hydrogens (tertiary/aromatic N) is 3. The molecular weight excluding hydrogens is 312 g/mol. The van der Waals surface area contributed by atoms with Crippen LogP contribution in [-0.4, -0.2) is 21.5 Å². The van der Waals surface area contributed by atoms with Gasteiger partial charge in [-0.1, -0.05) is 16.8 Å². The third-order valence-corrected chi connectivity index (χ3v) is 4.46. The average molecular weight is 322 g/mol. The fourth-order valence-corrected chi connectivity index (χ4v) is 3.00. The molecule has 16 heavy (non-hydrogen) atoms. The van der Waals surface area contributed by atoms with Crippen molar-refractivity contribution in [2.45, 2.75) is 13.1 Å². The second-order valence-corrected chi connectivity index (χ2v) is 5.77. The van der Waals surface area contributed by atoms with Gasteiger partial charge in [0, 0.05) is 28.6 Å². The Kier molecular flexibility index (Phi) is 4.34. The quantitative estimate of drug-likeness (QED) is 0.861. The fourth-order valence-electron chi connectivity index (χ4n) is 1.24. The molecule has 86 valence electrons. The Morgan fingerprint density at radius 2 is 2.44 bits per heavy atom. The normalized spacial score (nSPS) is 10.9. The van der Waals surface area contributed by atoms with Gasteiger partial charge in [-0.25, -0.2) is 0 Å². The SMILES string of the molecule is Clc1sc(CNCCn2ccnn2)cc1Br. The minimum absolute atomic E-state index is 0.799. The zero-order valence-electron chi connectivity index (χ0n) is 8.36. The van der Waals surface area contributed by atoms with Crippen LogP contribution in [0, 0.1) is 0 Å². The number of rotatable bonds is 5. The second kappa shape index (κ2) is 5.77. The fraction of sp³-hybridized carbons (Fsp3) is 0.333. The molecule has 0 aromatic carbocycles. The Labute approximate surface area is 111 Å². The molecule has 0 radical (unpaired) electrons. The van der Waals surface area contributed by atoms with Crippen LogP contribution in [0.15, 0.2) is 22.9 Å². The molecule has 0 atom stereocenters. The van der Waals surface area contributed by atoms with Crippen molar-refractivity contribution in [3.05, 3.63) is 32.1 Å². The molecule has 0 amide bonds. The Morgan fingerprint density at radius 1 is 1.56 bits per heavy atom. The monoisotopic (exact) mass is 320 g/mol. The number of thiophene rings is 1. The molecule has 2 rings (SSSR count). The molecule has 4 nitrogen and oxygen atoms in total. The van der Waals surface area contributed by atoms with Crippen LogP contribution < -0.4 is 5.32 Å². The molecule has 2 aromatic rings. The van der Waals surface area contributed by atoms with E-state index in [4.69, 9.17) is 11.6 Å². The molecule has 0 saturated heterocycles. The van der Waals surface area contributed by atoms with Crippen molar-refractivity contribution in [3.63, 3.8) is 0 Å². The molecule has 0 bridgehead atoms. The van der Waals surface area contributed by atoms with Gasteiger partial charge in [-0.2, -0.15) is 0 Å². The van der Waals surface area contributed by atoms with E-state index in [1.807, 2.05) is 12.3 Å². The lowest BCUT2D eigenvalue weighted by Crippen LogP contribution is -2.19. The molecule has 0 aliphatic carbocycles. The van der Waals surface area contributed by atoms with Gasteiger partial charge in [0.2, 0.25) is 0 Å². The molecule has 0 spiro atoms. The molecule has 0 aliphatic rings. The number of hydrogen-bond donors (Lipinski definition) is 1. The maximum atomic E-state index is 5.94. The van der Waals surface area contributed by atoms with Gasteiger partial charge in [0.05, 0.1) is 12.7 Å². The summed E-state index contributed by atoms with van der Waals surface area (Å²) < 4.78 is 3.56. The molecular formula is C9H10BrClN4S. The van der Waals surface area contributed by atoms with Crippen LogP contribution >= 0.6 is 38.9 Å². The lowest BCUT2D eigenvalue weighted by Gasteiger charge is -2.02. The minimum Gasteiger partial charge on any atom is -0.310 e. The summed E-state index contributed by atoms with van der Waals surface area (Å²) in [6.45, 7) is 2.50. The van der Waals surface area contributed by atoms with Crippen molar-refractivity contribution in [1.82, 2.24) is 20.3 Å². The lowest BCUT2D eigenvalue weighted by atomic mass is 10.4. The van der Waals surface area contributed by atoms with Crippen molar-refractivity contribution in [2.24, 2.45) is 0 Å². The third-order valence-electron chi connectivity index (χ3n) is 1.99. The summed E-state index contributed by atoms with van der Waals surface area (Å²) in [6, 6.07) is 2.04. The number of halogens is 2. The van der Waals surface area contributed by atoms with Crippen molar-refractivity contribution >= 4 is 38.9 Å². The molecule has 1 N–H and O–H groups in total. The van der Waals surface area contributed by atoms with Crippen molar-refractivity contribution in [2.75, 3.05) is 6.54 Å². The summed E-state index contributed by atoms with van der Waals surface area (Å²) >= 11 is 10.9. The summed E-state index contributed by atoms with van der Waals surface area (Å²) in [6.07, 6.45) is 3.52. The van der Waals surface area contributed by atoms with E-state index in [9.17, 15) is 0 Å². The summed E-state index contributed by atoms with van der Waals surface area (Å²) in [4.78, 5) is 1.22. The Bertz CT molecular complexity index is 423. The predicted molar refractivity (Wildman–Crippen MR) is 68.8 cm³/mol. The van der Waals surface area contributed by atoms with Crippen molar-refractivity contribution in [1.29, 1.82) is 0 Å². The summed E-state index contributed by atoms with van der Waals surface area (Å²) in [5, 5.41) is 10.9. The Morgan fingerprint density at radius 3 is 3.06 bits per heavy atom. The van der Waals surface area contributed by atoms with E-state index in [0.717, 1.165) is 28.4 Å². The highest BCUT2D eigenvalue weighted by atomic mass is 79.9. The van der Waals surface area contributed by atoms with Gasteiger partial charge in [-0.05, 0) is 22.0 Å². The first-order valence-electron chi connectivity index (χ1n) is 4.74. The third kappa shape index (κ3) is 3.28. The van der Waals surface area contributed by atoms with E-state index >= 15 is 0 Å². The van der Waals surface area contributed by atoms with Crippen LogP contribution in [0.4, 0.5) is 0 Å². The number of aromatic nitrogens is 3. The molecule has 2 heterocycles. The second-order valence-electron chi connectivity index (χ2n) is 3.18. The first-order chi connectivity index (χ1) is 7.75. The maximum Gasteiger partial charge on any atom is 0.107 e. The summed E-state index contributed by atoms with van der Waals surface area (Å²) in [5.41, 5.74) is 0. The number of nitrogens with one attached hydrogen (secondary N) is 1. The van der Waals surface area contributed by atoms with Crippen molar-refractivity contribution < 1.29 is 0 Å². The predicted octanol–water partition coefficient (Wildman–Crippen LogP) is 2.55. The first kappa shape index (κ1) is 12.0. The Hall–Kier alpha value is -0.430. The van der Waals surface area contributed by atoms with Crippen LogP contribution in [0.2, 0.25) is 4.34 Å². The van der Waals surface area contributed by atoms with E-state index in [2.05, 4.69) is 31.6 Å². The molecule has 0 aliphatic heterocycles. The van der Waals surface area contributed by atoms with Gasteiger partial charge < -0.3 is 5.32 Å². The minimum atomic E-state index is 0.799. The van der Waals surface area contributed by atoms with E-state index in [0.29, 0.717) is 0 Å². The summed E-state index contributed by atoms with van der Waals surface area (Å²) in [7, 11) is 0. The zero-order chi connectivity index (χ0) is 11.4. The highest BCUT2D eigenvalue weighted by molar-refractivity contribution is 9.10. The van der Waals surface area contributed by atoms with Crippen LogP contribution in [-0.2, 0) is 13.1 Å². The van der Waals surface area contributed by atoms with Crippen LogP contribution in [0.3, 0.4) is 0 Å². The maximum absolute atomic E-state index is 5.94. The smallest absolute Gasteiger partial charge is 0.107 e. The highest BCUT2D eigenvalue weighted by Gasteiger charge is 2.03. The van der Waals surface area contributed by atoms with Gasteiger partial charge in [-0.3, -0.25) is 4.68 Å². The van der Waals surface area contributed by atoms with E-state index in [-0.39, 0.29) is 0 Å². The van der Waals surface area contributed by atoms with E-state index in [1.54, 1.807) is 22.2 Å². The summed E-state index contributed by atoms with van der Waals surface area (Å²) in [5.74, 6) is 0. The van der Waals surface area contributed by atoms with E-state index in [1.165, 1.54) is 4.88 Å². The zero-order valence-corrected chi connectivity index (χ0v) is 11.5.